The van der Waals surface area contributed by atoms with Crippen LogP contribution in [0.1, 0.15) is 12.5 Å². The fourth-order valence-corrected chi connectivity index (χ4v) is 1.10. The first kappa shape index (κ1) is 10.0. The summed E-state index contributed by atoms with van der Waals surface area (Å²) < 4.78 is 12.8. The first-order chi connectivity index (χ1) is 6.15. The monoisotopic (exact) mass is 196 g/mol. The summed E-state index contributed by atoms with van der Waals surface area (Å²) in [7, 11) is 0. The maximum atomic E-state index is 12.8. The average molecular weight is 197 g/mol. The molecule has 0 bridgehead atoms. The van der Waals surface area contributed by atoms with Crippen LogP contribution in [-0.2, 0) is 0 Å². The van der Waals surface area contributed by atoms with Gasteiger partial charge in [0.2, 0.25) is 0 Å². The molecule has 0 aliphatic carbocycles. The third-order valence-electron chi connectivity index (χ3n) is 1.71. The van der Waals surface area contributed by atoms with Gasteiger partial charge in [-0.15, -0.1) is 0 Å². The van der Waals surface area contributed by atoms with E-state index in [1.807, 2.05) is 6.92 Å². The second-order valence-electron chi connectivity index (χ2n) is 2.63. The van der Waals surface area contributed by atoms with Crippen molar-refractivity contribution >= 4 is 17.2 Å². The van der Waals surface area contributed by atoms with Crippen molar-refractivity contribution in [3.05, 3.63) is 53.3 Å². The quantitative estimate of drug-likeness (QED) is 0.628. The molecule has 0 nitrogen and oxygen atoms in total. The third-order valence-corrected chi connectivity index (χ3v) is 2.16. The Balaban J connectivity index is 3.03. The van der Waals surface area contributed by atoms with E-state index in [9.17, 15) is 4.39 Å². The van der Waals surface area contributed by atoms with Crippen LogP contribution in [0.25, 0.3) is 5.57 Å². The van der Waals surface area contributed by atoms with E-state index in [0.717, 1.165) is 0 Å². The van der Waals surface area contributed by atoms with Crippen LogP contribution in [-0.4, -0.2) is 0 Å². The maximum Gasteiger partial charge on any atom is 0.123 e. The van der Waals surface area contributed by atoms with E-state index in [-0.39, 0.29) is 5.82 Å². The first-order valence-electron chi connectivity index (χ1n) is 3.92. The second kappa shape index (κ2) is 4.24. The van der Waals surface area contributed by atoms with Crippen LogP contribution in [0, 0.1) is 5.82 Å². The minimum atomic E-state index is -0.279. The third kappa shape index (κ3) is 2.43. The Morgan fingerprint density at radius 2 is 2.23 bits per heavy atom. The fourth-order valence-electron chi connectivity index (χ4n) is 0.988. The Hall–Kier alpha value is -1.08. The lowest BCUT2D eigenvalue weighted by Crippen LogP contribution is -1.84. The van der Waals surface area contributed by atoms with Crippen molar-refractivity contribution in [1.82, 2.24) is 0 Å². The van der Waals surface area contributed by atoms with Gasteiger partial charge in [0.15, 0.2) is 0 Å². The summed E-state index contributed by atoms with van der Waals surface area (Å²) in [5.74, 6) is -0.279. The topological polar surface area (TPSA) is 0 Å². The van der Waals surface area contributed by atoms with Gasteiger partial charge in [0.25, 0.3) is 0 Å². The zero-order valence-electron chi connectivity index (χ0n) is 7.35. The number of benzene rings is 1. The molecule has 0 heterocycles. The van der Waals surface area contributed by atoms with Crippen molar-refractivity contribution < 1.29 is 4.39 Å². The van der Waals surface area contributed by atoms with Gasteiger partial charge >= 0.3 is 0 Å². The largest absolute Gasteiger partial charge is 0.207 e. The van der Waals surface area contributed by atoms with Gasteiger partial charge in [-0.2, -0.15) is 0 Å². The van der Waals surface area contributed by atoms with Crippen molar-refractivity contribution in [1.29, 1.82) is 0 Å². The molecule has 0 unspecified atom stereocenters. The van der Waals surface area contributed by atoms with Crippen LogP contribution < -0.4 is 0 Å². The summed E-state index contributed by atoms with van der Waals surface area (Å²) in [5, 5.41) is 0.547. The van der Waals surface area contributed by atoms with Crippen LogP contribution in [0.15, 0.2) is 42.0 Å². The molecule has 68 valence electrons. The Morgan fingerprint density at radius 3 is 2.77 bits per heavy atom. The van der Waals surface area contributed by atoms with Gasteiger partial charge in [-0.25, -0.2) is 4.39 Å². The number of rotatable bonds is 2. The Morgan fingerprint density at radius 1 is 1.54 bits per heavy atom. The van der Waals surface area contributed by atoms with Gasteiger partial charge in [0.05, 0.1) is 0 Å². The molecule has 13 heavy (non-hydrogen) atoms. The number of hydrogen-bond donors (Lipinski definition) is 0. The molecule has 1 aromatic rings. The average Bonchev–Trinajstić information content (AvgIpc) is 2.15. The van der Waals surface area contributed by atoms with Crippen LogP contribution in [0.4, 0.5) is 4.39 Å². The summed E-state index contributed by atoms with van der Waals surface area (Å²) in [6.45, 7) is 5.58. The minimum Gasteiger partial charge on any atom is -0.207 e. The lowest BCUT2D eigenvalue weighted by molar-refractivity contribution is 0.627. The van der Waals surface area contributed by atoms with E-state index in [2.05, 4.69) is 6.58 Å². The Kier molecular flexibility index (Phi) is 3.26. The van der Waals surface area contributed by atoms with Gasteiger partial charge in [-0.05, 0) is 30.2 Å². The first-order valence-corrected chi connectivity index (χ1v) is 4.30. The molecule has 0 amide bonds. The molecule has 0 aromatic heterocycles. The predicted octanol–water partition coefficient (Wildman–Crippen LogP) is 3.98. The molecule has 2 heteroatoms. The van der Waals surface area contributed by atoms with E-state index in [0.29, 0.717) is 16.2 Å². The summed E-state index contributed by atoms with van der Waals surface area (Å²) in [4.78, 5) is 0. The smallest absolute Gasteiger partial charge is 0.123 e. The Bertz CT molecular complexity index is 353. The van der Waals surface area contributed by atoms with Crippen molar-refractivity contribution in [2.45, 2.75) is 6.92 Å². The van der Waals surface area contributed by atoms with Crippen LogP contribution in [0.3, 0.4) is 0 Å². The summed E-state index contributed by atoms with van der Waals surface area (Å²) in [5.41, 5.74) is 1.35. The molecule has 0 saturated carbocycles. The van der Waals surface area contributed by atoms with Gasteiger partial charge in [-0.1, -0.05) is 36.4 Å². The molecule has 0 aliphatic heterocycles. The molecule has 0 saturated heterocycles. The highest BCUT2D eigenvalue weighted by atomic mass is 35.5. The van der Waals surface area contributed by atoms with E-state index < -0.39 is 0 Å². The van der Waals surface area contributed by atoms with Gasteiger partial charge < -0.3 is 0 Å². The van der Waals surface area contributed by atoms with Crippen LogP contribution in [0.2, 0.25) is 0 Å². The normalized spacial score (nSPS) is 11.5. The van der Waals surface area contributed by atoms with Gasteiger partial charge in [0.1, 0.15) is 5.82 Å². The van der Waals surface area contributed by atoms with Crippen molar-refractivity contribution in [2.75, 3.05) is 0 Å². The lowest BCUT2D eigenvalue weighted by Gasteiger charge is -2.03. The fraction of sp³-hybridized carbons (Fsp3) is 0.0909. The van der Waals surface area contributed by atoms with E-state index in [1.165, 1.54) is 12.1 Å². The number of hydrogen-bond acceptors (Lipinski definition) is 0. The predicted molar refractivity (Wildman–Crippen MR) is 55.0 cm³/mol. The standard InChI is InChI=1S/C11H10ClF/c1-3-11(12)8(2)9-5-4-6-10(13)7-9/h3-7H,2H2,1H3/b11-3+. The molecule has 1 aromatic carbocycles. The van der Waals surface area contributed by atoms with Gasteiger partial charge in [-0.3, -0.25) is 0 Å². The van der Waals surface area contributed by atoms with Crippen LogP contribution >= 0.6 is 11.6 Å². The van der Waals surface area contributed by atoms with E-state index in [4.69, 9.17) is 11.6 Å². The summed E-state index contributed by atoms with van der Waals surface area (Å²) in [6, 6.07) is 6.21. The molecule has 0 N–H and O–H groups in total. The van der Waals surface area contributed by atoms with E-state index >= 15 is 0 Å². The maximum absolute atomic E-state index is 12.8. The van der Waals surface area contributed by atoms with Gasteiger partial charge in [0, 0.05) is 5.03 Å². The zero-order chi connectivity index (χ0) is 9.84. The van der Waals surface area contributed by atoms with E-state index in [1.54, 1.807) is 18.2 Å². The lowest BCUT2D eigenvalue weighted by atomic mass is 10.1. The number of halogens is 2. The molecule has 0 fully saturated rings. The van der Waals surface area contributed by atoms with Crippen molar-refractivity contribution in [3.63, 3.8) is 0 Å². The molecule has 0 aliphatic rings. The molecular weight excluding hydrogens is 187 g/mol. The minimum absolute atomic E-state index is 0.279. The second-order valence-corrected chi connectivity index (χ2v) is 3.03. The molecular formula is C11H10ClF. The highest BCUT2D eigenvalue weighted by Gasteiger charge is 2.02. The van der Waals surface area contributed by atoms with Crippen molar-refractivity contribution in [3.8, 4) is 0 Å². The van der Waals surface area contributed by atoms with Crippen molar-refractivity contribution in [2.24, 2.45) is 0 Å². The highest BCUT2D eigenvalue weighted by Crippen LogP contribution is 2.24. The molecule has 0 radical (unpaired) electrons. The SMILES string of the molecule is C=C(/C(Cl)=C\C)c1cccc(F)c1. The Labute approximate surface area is 82.3 Å². The summed E-state index contributed by atoms with van der Waals surface area (Å²) >= 11 is 5.84. The highest BCUT2D eigenvalue weighted by molar-refractivity contribution is 6.36. The van der Waals surface area contributed by atoms with Crippen LogP contribution in [0.5, 0.6) is 0 Å². The summed E-state index contributed by atoms with van der Waals surface area (Å²) in [6.07, 6.45) is 1.73. The molecule has 0 spiro atoms. The number of allylic oxidation sites excluding steroid dienone is 3. The molecule has 0 atom stereocenters. The zero-order valence-corrected chi connectivity index (χ0v) is 8.11. The molecule has 1 rings (SSSR count).